The van der Waals surface area contributed by atoms with Gasteiger partial charge in [0.15, 0.2) is 0 Å². The summed E-state index contributed by atoms with van der Waals surface area (Å²) in [6.45, 7) is 4.83. The summed E-state index contributed by atoms with van der Waals surface area (Å²) in [4.78, 5) is 25.0. The van der Waals surface area contributed by atoms with E-state index >= 15 is 0 Å². The first-order valence-electron chi connectivity index (χ1n) is 11.1. The quantitative estimate of drug-likeness (QED) is 0.635. The molecule has 2 aliphatic rings. The third-order valence-corrected chi connectivity index (χ3v) is 6.31. The zero-order valence-electron chi connectivity index (χ0n) is 17.6. The lowest BCUT2D eigenvalue weighted by Gasteiger charge is -2.26. The van der Waals surface area contributed by atoms with Gasteiger partial charge in [0, 0.05) is 50.3 Å². The van der Waals surface area contributed by atoms with Gasteiger partial charge < -0.3 is 14.7 Å². The maximum absolute atomic E-state index is 13.7. The van der Waals surface area contributed by atoms with Gasteiger partial charge in [0.25, 0.3) is 5.91 Å². The number of benzene rings is 2. The van der Waals surface area contributed by atoms with Crippen molar-refractivity contribution in [2.45, 2.75) is 19.3 Å². The van der Waals surface area contributed by atoms with E-state index in [9.17, 15) is 9.18 Å². The summed E-state index contributed by atoms with van der Waals surface area (Å²) >= 11 is 0. The highest BCUT2D eigenvalue weighted by atomic mass is 19.1. The number of hydrogen-bond acceptors (Lipinski definition) is 4. The number of carbonyl (C=O) groups is 1. The molecule has 3 heterocycles. The van der Waals surface area contributed by atoms with Crippen molar-refractivity contribution < 1.29 is 9.18 Å². The minimum atomic E-state index is -0.228. The molecule has 6 heteroatoms. The topological polar surface area (TPSA) is 39.7 Å². The number of halogens is 1. The minimum Gasteiger partial charge on any atom is -0.370 e. The number of para-hydroxylation sites is 1. The summed E-state index contributed by atoms with van der Waals surface area (Å²) in [7, 11) is 0. The van der Waals surface area contributed by atoms with Crippen LogP contribution < -0.4 is 9.80 Å². The van der Waals surface area contributed by atoms with Crippen molar-refractivity contribution in [3.63, 3.8) is 0 Å². The number of amides is 1. The van der Waals surface area contributed by atoms with E-state index in [1.54, 1.807) is 0 Å². The van der Waals surface area contributed by atoms with Crippen LogP contribution in [0.5, 0.6) is 0 Å². The molecular formula is C25H27FN4O. The number of hydrogen-bond donors (Lipinski definition) is 0. The van der Waals surface area contributed by atoms with E-state index in [2.05, 4.69) is 9.80 Å². The number of fused-ring (bicyclic) bond motifs is 1. The predicted molar refractivity (Wildman–Crippen MR) is 122 cm³/mol. The van der Waals surface area contributed by atoms with Crippen LogP contribution in [0, 0.1) is 5.82 Å². The van der Waals surface area contributed by atoms with E-state index in [0.717, 1.165) is 67.8 Å². The van der Waals surface area contributed by atoms with E-state index in [1.807, 2.05) is 47.4 Å². The van der Waals surface area contributed by atoms with Crippen LogP contribution in [0.25, 0.3) is 10.9 Å². The van der Waals surface area contributed by atoms with Gasteiger partial charge in [-0.1, -0.05) is 18.2 Å². The Morgan fingerprint density at radius 2 is 1.55 bits per heavy atom. The van der Waals surface area contributed by atoms with Crippen molar-refractivity contribution in [3.05, 3.63) is 66.0 Å². The standard InChI is InChI=1S/C25H27FN4O/c26-20-8-10-21(11-9-20)28-14-5-15-30(17-16-28)25(31)22-18-19-6-1-2-7-23(19)27-24(22)29-12-3-4-13-29/h1-2,6-11,18H,3-5,12-17H2. The first-order valence-corrected chi connectivity index (χ1v) is 11.1. The molecule has 0 aliphatic carbocycles. The van der Waals surface area contributed by atoms with Crippen LogP contribution in [-0.4, -0.2) is 55.1 Å². The largest absolute Gasteiger partial charge is 0.370 e. The van der Waals surface area contributed by atoms with E-state index < -0.39 is 0 Å². The van der Waals surface area contributed by atoms with Gasteiger partial charge in [-0.05, 0) is 55.7 Å². The second-order valence-corrected chi connectivity index (χ2v) is 8.36. The maximum atomic E-state index is 13.7. The average molecular weight is 419 g/mol. The van der Waals surface area contributed by atoms with E-state index in [4.69, 9.17) is 4.98 Å². The summed E-state index contributed by atoms with van der Waals surface area (Å²) in [5.74, 6) is 0.649. The third kappa shape index (κ3) is 4.07. The van der Waals surface area contributed by atoms with Crippen molar-refractivity contribution >= 4 is 28.3 Å². The second kappa shape index (κ2) is 8.53. The van der Waals surface area contributed by atoms with Crippen molar-refractivity contribution in [1.29, 1.82) is 0 Å². The molecule has 0 atom stereocenters. The van der Waals surface area contributed by atoms with Gasteiger partial charge >= 0.3 is 0 Å². The highest BCUT2D eigenvalue weighted by Crippen LogP contribution is 2.28. The molecule has 0 radical (unpaired) electrons. The average Bonchev–Trinajstić information content (AvgIpc) is 3.23. The van der Waals surface area contributed by atoms with Gasteiger partial charge in [-0.3, -0.25) is 4.79 Å². The van der Waals surface area contributed by atoms with Crippen molar-refractivity contribution in [2.75, 3.05) is 49.1 Å². The van der Waals surface area contributed by atoms with Crippen molar-refractivity contribution in [2.24, 2.45) is 0 Å². The Bertz CT molecular complexity index is 1080. The molecule has 5 nitrogen and oxygen atoms in total. The lowest BCUT2D eigenvalue weighted by Crippen LogP contribution is -2.36. The van der Waals surface area contributed by atoms with E-state index in [0.29, 0.717) is 18.7 Å². The van der Waals surface area contributed by atoms with Gasteiger partial charge in [-0.2, -0.15) is 0 Å². The molecule has 31 heavy (non-hydrogen) atoms. The van der Waals surface area contributed by atoms with Crippen molar-refractivity contribution in [1.82, 2.24) is 9.88 Å². The number of rotatable bonds is 3. The Labute approximate surface area is 182 Å². The minimum absolute atomic E-state index is 0.0566. The van der Waals surface area contributed by atoms with Gasteiger partial charge in [-0.15, -0.1) is 0 Å². The van der Waals surface area contributed by atoms with Gasteiger partial charge in [0.1, 0.15) is 11.6 Å². The van der Waals surface area contributed by atoms with Crippen LogP contribution in [0.1, 0.15) is 29.6 Å². The maximum Gasteiger partial charge on any atom is 0.257 e. The molecule has 5 rings (SSSR count). The fourth-order valence-electron chi connectivity index (χ4n) is 4.63. The van der Waals surface area contributed by atoms with Crippen molar-refractivity contribution in [3.8, 4) is 0 Å². The highest BCUT2D eigenvalue weighted by Gasteiger charge is 2.27. The molecule has 2 aromatic carbocycles. The first kappa shape index (κ1) is 19.8. The Balaban J connectivity index is 1.41. The molecule has 2 aliphatic heterocycles. The second-order valence-electron chi connectivity index (χ2n) is 8.36. The Hall–Kier alpha value is -3.15. The van der Waals surface area contributed by atoms with Gasteiger partial charge in [0.05, 0.1) is 11.1 Å². The Morgan fingerprint density at radius 3 is 2.35 bits per heavy atom. The molecule has 0 bridgehead atoms. The molecule has 2 fully saturated rings. The van der Waals surface area contributed by atoms with Crippen LogP contribution in [-0.2, 0) is 0 Å². The van der Waals surface area contributed by atoms with Crippen LogP contribution >= 0.6 is 0 Å². The number of pyridine rings is 1. The van der Waals surface area contributed by atoms with E-state index in [-0.39, 0.29) is 11.7 Å². The molecule has 160 valence electrons. The third-order valence-electron chi connectivity index (χ3n) is 6.31. The zero-order chi connectivity index (χ0) is 21.2. The normalized spacial score (nSPS) is 17.3. The molecule has 0 spiro atoms. The lowest BCUT2D eigenvalue weighted by atomic mass is 10.1. The first-order chi connectivity index (χ1) is 15.2. The van der Waals surface area contributed by atoms with E-state index in [1.165, 1.54) is 12.1 Å². The smallest absolute Gasteiger partial charge is 0.257 e. The van der Waals surface area contributed by atoms with Gasteiger partial charge in [-0.25, -0.2) is 9.37 Å². The SMILES string of the molecule is O=C(c1cc2ccccc2nc1N1CCCC1)N1CCCN(c2ccc(F)cc2)CC1. The monoisotopic (exact) mass is 418 g/mol. The summed E-state index contributed by atoms with van der Waals surface area (Å²) in [6, 6.07) is 16.6. The zero-order valence-corrected chi connectivity index (χ0v) is 17.6. The fraction of sp³-hybridized carbons (Fsp3) is 0.360. The summed E-state index contributed by atoms with van der Waals surface area (Å²) < 4.78 is 13.3. The molecule has 2 saturated heterocycles. The summed E-state index contributed by atoms with van der Waals surface area (Å²) in [5, 5.41) is 0.997. The van der Waals surface area contributed by atoms with Crippen LogP contribution in [0.3, 0.4) is 0 Å². The highest BCUT2D eigenvalue weighted by molar-refractivity contribution is 6.02. The molecule has 1 amide bonds. The van der Waals surface area contributed by atoms with Gasteiger partial charge in [0.2, 0.25) is 0 Å². The van der Waals surface area contributed by atoms with Crippen LogP contribution in [0.2, 0.25) is 0 Å². The Kier molecular flexibility index (Phi) is 5.45. The van der Waals surface area contributed by atoms with Crippen LogP contribution in [0.4, 0.5) is 15.9 Å². The number of nitrogens with zero attached hydrogens (tertiary/aromatic N) is 4. The molecule has 0 N–H and O–H groups in total. The predicted octanol–water partition coefficient (Wildman–Crippen LogP) is 4.33. The number of aromatic nitrogens is 1. The number of anilines is 2. The molecule has 1 aromatic heterocycles. The Morgan fingerprint density at radius 1 is 0.806 bits per heavy atom. The van der Waals surface area contributed by atoms with Crippen LogP contribution in [0.15, 0.2) is 54.6 Å². The fourth-order valence-corrected chi connectivity index (χ4v) is 4.63. The molecular weight excluding hydrogens is 391 g/mol. The molecule has 0 unspecified atom stereocenters. The number of carbonyl (C=O) groups excluding carboxylic acids is 1. The molecule has 0 saturated carbocycles. The summed E-state index contributed by atoms with van der Waals surface area (Å²) in [6.07, 6.45) is 3.15. The summed E-state index contributed by atoms with van der Waals surface area (Å²) in [5.41, 5.74) is 2.64. The lowest BCUT2D eigenvalue weighted by molar-refractivity contribution is 0.0767. The molecule has 3 aromatic rings.